The van der Waals surface area contributed by atoms with Crippen molar-refractivity contribution in [2.45, 2.75) is 44.6 Å². The summed E-state index contributed by atoms with van der Waals surface area (Å²) in [5.74, 6) is -0.938. The number of carbonyl (C=O) groups is 2. The maximum absolute atomic E-state index is 12.2. The van der Waals surface area contributed by atoms with Crippen molar-refractivity contribution in [1.29, 1.82) is 0 Å². The standard InChI is InChI=1S/C17H23NO4/c1-2-17(22)9-11-18(12-10-17)15(19)8-7-13-5-3-4-6-14(13)16(20)21/h3-6,22H,2,7-12H2,1H3,(H,20,21). The second kappa shape index (κ2) is 6.92. The summed E-state index contributed by atoms with van der Waals surface area (Å²) in [6.45, 7) is 3.10. The number of carboxylic acids is 1. The first kappa shape index (κ1) is 16.5. The van der Waals surface area contributed by atoms with Crippen LogP contribution in [0.2, 0.25) is 0 Å². The number of aromatic carboxylic acids is 1. The number of carboxylic acid groups (broad SMARTS) is 1. The number of hydrogen-bond acceptors (Lipinski definition) is 3. The van der Waals surface area contributed by atoms with Gasteiger partial charge in [-0.1, -0.05) is 25.1 Å². The molecule has 22 heavy (non-hydrogen) atoms. The highest BCUT2D eigenvalue weighted by molar-refractivity contribution is 5.89. The molecule has 2 rings (SSSR count). The number of likely N-dealkylation sites (tertiary alicyclic amines) is 1. The van der Waals surface area contributed by atoms with Crippen LogP contribution in [-0.4, -0.2) is 45.7 Å². The molecule has 0 aromatic heterocycles. The van der Waals surface area contributed by atoms with Crippen molar-refractivity contribution >= 4 is 11.9 Å². The molecule has 0 radical (unpaired) electrons. The van der Waals surface area contributed by atoms with E-state index in [4.69, 9.17) is 5.11 Å². The van der Waals surface area contributed by atoms with Gasteiger partial charge in [0.25, 0.3) is 0 Å². The molecule has 1 aromatic rings. The van der Waals surface area contributed by atoms with E-state index in [1.165, 1.54) is 0 Å². The van der Waals surface area contributed by atoms with Crippen molar-refractivity contribution in [3.05, 3.63) is 35.4 Å². The summed E-state index contributed by atoms with van der Waals surface area (Å²) in [4.78, 5) is 25.2. The summed E-state index contributed by atoms with van der Waals surface area (Å²) in [6, 6.07) is 6.78. The fourth-order valence-corrected chi connectivity index (χ4v) is 2.87. The SMILES string of the molecule is CCC1(O)CCN(C(=O)CCc2ccccc2C(=O)O)CC1. The number of carbonyl (C=O) groups excluding carboxylic acids is 1. The minimum Gasteiger partial charge on any atom is -0.478 e. The quantitative estimate of drug-likeness (QED) is 0.873. The highest BCUT2D eigenvalue weighted by Gasteiger charge is 2.31. The minimum atomic E-state index is -0.964. The van der Waals surface area contributed by atoms with E-state index in [9.17, 15) is 14.7 Å². The fraction of sp³-hybridized carbons (Fsp3) is 0.529. The number of rotatable bonds is 5. The third-order valence-electron chi connectivity index (χ3n) is 4.56. The molecule has 1 aliphatic rings. The van der Waals surface area contributed by atoms with Gasteiger partial charge in [-0.2, -0.15) is 0 Å². The molecule has 0 spiro atoms. The Morgan fingerprint density at radius 3 is 2.45 bits per heavy atom. The molecule has 0 unspecified atom stereocenters. The number of benzene rings is 1. The van der Waals surface area contributed by atoms with Crippen LogP contribution >= 0.6 is 0 Å². The monoisotopic (exact) mass is 305 g/mol. The number of aliphatic hydroxyl groups is 1. The fourth-order valence-electron chi connectivity index (χ4n) is 2.87. The molecule has 1 aromatic carbocycles. The highest BCUT2D eigenvalue weighted by atomic mass is 16.4. The van der Waals surface area contributed by atoms with E-state index >= 15 is 0 Å². The lowest BCUT2D eigenvalue weighted by atomic mass is 9.89. The number of nitrogens with zero attached hydrogens (tertiary/aromatic N) is 1. The lowest BCUT2D eigenvalue weighted by Crippen LogP contribution is -2.46. The molecule has 1 amide bonds. The first-order valence-corrected chi connectivity index (χ1v) is 7.76. The molecule has 5 heteroatoms. The van der Waals surface area contributed by atoms with Crippen LogP contribution < -0.4 is 0 Å². The van der Waals surface area contributed by atoms with Crippen molar-refractivity contribution in [2.75, 3.05) is 13.1 Å². The van der Waals surface area contributed by atoms with Crippen LogP contribution in [0, 0.1) is 0 Å². The number of piperidine rings is 1. The van der Waals surface area contributed by atoms with Crippen LogP contribution in [0.3, 0.4) is 0 Å². The minimum absolute atomic E-state index is 0.0262. The van der Waals surface area contributed by atoms with Crippen LogP contribution in [0.25, 0.3) is 0 Å². The molecule has 0 bridgehead atoms. The maximum atomic E-state index is 12.2. The third kappa shape index (κ3) is 3.85. The molecule has 5 nitrogen and oxygen atoms in total. The summed E-state index contributed by atoms with van der Waals surface area (Å²) in [7, 11) is 0. The van der Waals surface area contributed by atoms with Crippen LogP contribution in [0.5, 0.6) is 0 Å². The Balaban J connectivity index is 1.90. The maximum Gasteiger partial charge on any atom is 0.335 e. The van der Waals surface area contributed by atoms with E-state index in [0.29, 0.717) is 50.8 Å². The van der Waals surface area contributed by atoms with Crippen LogP contribution in [0.1, 0.15) is 48.5 Å². The molecule has 1 heterocycles. The Labute approximate surface area is 130 Å². The second-order valence-electron chi connectivity index (χ2n) is 5.92. The Morgan fingerprint density at radius 1 is 1.23 bits per heavy atom. The topological polar surface area (TPSA) is 77.8 Å². The van der Waals surface area contributed by atoms with Crippen LogP contribution in [0.15, 0.2) is 24.3 Å². The summed E-state index contributed by atoms with van der Waals surface area (Å²) in [5.41, 5.74) is 0.312. The van der Waals surface area contributed by atoms with Crippen molar-refractivity contribution < 1.29 is 19.8 Å². The average Bonchev–Trinajstić information content (AvgIpc) is 2.53. The Morgan fingerprint density at radius 2 is 1.86 bits per heavy atom. The molecule has 2 N–H and O–H groups in total. The Hall–Kier alpha value is -1.88. The molecule has 1 saturated heterocycles. The van der Waals surface area contributed by atoms with Crippen molar-refractivity contribution in [3.63, 3.8) is 0 Å². The van der Waals surface area contributed by atoms with Gasteiger partial charge in [-0.05, 0) is 37.3 Å². The zero-order valence-corrected chi connectivity index (χ0v) is 12.9. The average molecular weight is 305 g/mol. The van der Waals surface area contributed by atoms with E-state index in [-0.39, 0.29) is 11.5 Å². The lowest BCUT2D eigenvalue weighted by Gasteiger charge is -2.37. The second-order valence-corrected chi connectivity index (χ2v) is 5.92. The molecule has 120 valence electrons. The van der Waals surface area contributed by atoms with Gasteiger partial charge in [0.2, 0.25) is 5.91 Å². The molecular weight excluding hydrogens is 282 g/mol. The van der Waals surface area contributed by atoms with Crippen molar-refractivity contribution in [3.8, 4) is 0 Å². The zero-order valence-electron chi connectivity index (χ0n) is 12.9. The van der Waals surface area contributed by atoms with Gasteiger partial charge in [0.15, 0.2) is 0 Å². The summed E-state index contributed by atoms with van der Waals surface area (Å²) < 4.78 is 0. The number of amides is 1. The Bertz CT molecular complexity index is 547. The van der Waals surface area contributed by atoms with E-state index in [1.54, 1.807) is 29.2 Å². The van der Waals surface area contributed by atoms with E-state index < -0.39 is 11.6 Å². The van der Waals surface area contributed by atoms with Crippen LogP contribution in [-0.2, 0) is 11.2 Å². The van der Waals surface area contributed by atoms with Gasteiger partial charge >= 0.3 is 5.97 Å². The van der Waals surface area contributed by atoms with Gasteiger partial charge in [0.1, 0.15) is 0 Å². The van der Waals surface area contributed by atoms with Gasteiger partial charge in [-0.25, -0.2) is 4.79 Å². The van der Waals surface area contributed by atoms with Crippen molar-refractivity contribution in [2.24, 2.45) is 0 Å². The van der Waals surface area contributed by atoms with E-state index in [0.717, 1.165) is 0 Å². The highest BCUT2D eigenvalue weighted by Crippen LogP contribution is 2.25. The van der Waals surface area contributed by atoms with Crippen LogP contribution in [0.4, 0.5) is 0 Å². The first-order chi connectivity index (χ1) is 10.4. The van der Waals surface area contributed by atoms with Gasteiger partial charge in [0, 0.05) is 19.5 Å². The van der Waals surface area contributed by atoms with E-state index in [2.05, 4.69) is 0 Å². The summed E-state index contributed by atoms with van der Waals surface area (Å²) >= 11 is 0. The zero-order chi connectivity index (χ0) is 16.2. The predicted molar refractivity (Wildman–Crippen MR) is 82.8 cm³/mol. The Kier molecular flexibility index (Phi) is 5.19. The van der Waals surface area contributed by atoms with Gasteiger partial charge in [-0.15, -0.1) is 0 Å². The molecule has 1 fully saturated rings. The number of aryl methyl sites for hydroxylation is 1. The van der Waals surface area contributed by atoms with Gasteiger partial charge < -0.3 is 15.1 Å². The normalized spacial score (nSPS) is 17.3. The summed E-state index contributed by atoms with van der Waals surface area (Å²) in [5, 5.41) is 19.3. The molecule has 1 aliphatic heterocycles. The van der Waals surface area contributed by atoms with Crippen molar-refractivity contribution in [1.82, 2.24) is 4.90 Å². The van der Waals surface area contributed by atoms with Gasteiger partial charge in [0.05, 0.1) is 11.2 Å². The first-order valence-electron chi connectivity index (χ1n) is 7.76. The molecule has 0 atom stereocenters. The van der Waals surface area contributed by atoms with Gasteiger partial charge in [-0.3, -0.25) is 4.79 Å². The third-order valence-corrected chi connectivity index (χ3v) is 4.56. The molecule has 0 saturated carbocycles. The smallest absolute Gasteiger partial charge is 0.335 e. The molecular formula is C17H23NO4. The largest absolute Gasteiger partial charge is 0.478 e. The molecule has 0 aliphatic carbocycles. The summed E-state index contributed by atoms with van der Waals surface area (Å²) in [6.07, 6.45) is 2.66. The predicted octanol–water partition coefficient (Wildman–Crippen LogP) is 2.08. The lowest BCUT2D eigenvalue weighted by molar-refractivity contribution is -0.135. The number of hydrogen-bond donors (Lipinski definition) is 2. The van der Waals surface area contributed by atoms with E-state index in [1.807, 2.05) is 6.92 Å².